The summed E-state index contributed by atoms with van der Waals surface area (Å²) in [5.74, 6) is 2.49. The van der Waals surface area contributed by atoms with Crippen molar-refractivity contribution in [3.8, 4) is 74.7 Å². The molecule has 129 heavy (non-hydrogen) atoms. The van der Waals surface area contributed by atoms with Crippen LogP contribution in [-0.4, -0.2) is 76.7 Å². The summed E-state index contributed by atoms with van der Waals surface area (Å²) in [5, 5.41) is 48.7. The van der Waals surface area contributed by atoms with Gasteiger partial charge in [0.1, 0.15) is 111 Å². The minimum Gasteiger partial charge on any atom is -0.496 e. The summed E-state index contributed by atoms with van der Waals surface area (Å²) in [6.45, 7) is 11.7. The molecule has 0 spiro atoms. The van der Waals surface area contributed by atoms with Gasteiger partial charge < -0.3 is 63.4 Å². The van der Waals surface area contributed by atoms with Gasteiger partial charge in [0.2, 0.25) is 49.0 Å². The van der Waals surface area contributed by atoms with E-state index in [1.807, 2.05) is 260 Å². The van der Waals surface area contributed by atoms with E-state index in [2.05, 4.69) is 0 Å². The summed E-state index contributed by atoms with van der Waals surface area (Å²) in [7, 11) is 1.50. The molecule has 5 aliphatic rings. The fourth-order valence-corrected chi connectivity index (χ4v) is 27.2. The first kappa shape index (κ1) is 88.1. The molecule has 0 unspecified atom stereocenters. The number of hydrogen-bond acceptors (Lipinski definition) is 13. The molecule has 25 heteroatoms. The van der Waals surface area contributed by atoms with E-state index >= 15 is 0 Å². The third-order valence-corrected chi connectivity index (χ3v) is 32.8. The molecule has 15 aromatic carbocycles. The SMILES string of the molecule is COc1cc(C(=O)O)c([S+]2c3ccc(C)cc3Oc3cc(C)ccc32)cc1C.COc1cc(C(=O)O)c([S+]2c3ccc(F)cc3Oc3cc(F)ccc32)cc1C.COc1cc(C(=O)O)c([S+]2c3ccccc3Oc3ccccc32)cc1C.Cc1ccc(C(=O)O)c([S+]2c3ccccc3Oc3ccccc32)c1.O=C(O)c1ccccc1[S+]1c2ccccc2Oc2ccccc21. The predicted octanol–water partition coefficient (Wildman–Crippen LogP) is 25.1. The van der Waals surface area contributed by atoms with Crippen molar-refractivity contribution in [2.45, 2.75) is 115 Å². The number of fused-ring (bicyclic) bond motifs is 10. The van der Waals surface area contributed by atoms with Crippen molar-refractivity contribution in [1.82, 2.24) is 0 Å². The zero-order valence-electron chi connectivity index (χ0n) is 70.6. The van der Waals surface area contributed by atoms with Crippen molar-refractivity contribution >= 4 is 84.3 Å². The fourth-order valence-electron chi connectivity index (χ4n) is 15.2. The third-order valence-electron chi connectivity index (χ3n) is 21.2. The standard InChI is InChI=1S/C23H20O4S.C21H14F2O4S.C21H16O4S.C20H14O3S.C19H12O3S/c1-13-5-7-20-18(9-13)27-19-10-14(2)6-8-21(19)28(20)22-11-15(3)17(26-4)12-16(22)23(24)25;1-11-7-20(14(21(24)25)10-15(11)26-2)28-18-5-3-12(22)8-16(18)27-17-9-13(23)4-6-19(17)28;1-13-11-20(14(21(22)23)12-17(13)24-2)26-18-9-5-3-7-15(18)25-16-8-4-6-10-19(16)26;1-13-10-11-14(20(21)22)19(12-13)24-17-8-4-2-6-15(17)23-16-7-3-5-9-18(16)24;20-19(21)13-7-1-4-10-16(13)23-17-11-5-2-8-14(17)22-15-9-3-6-12-18(15)23/h5-12H,1-4H3;3-10H,1-2H3;3-12H,1-2H3;2-12H,1H3;1-12H/p+5. The van der Waals surface area contributed by atoms with E-state index in [0.717, 1.165) is 138 Å². The number of aryl methyl sites for hydroxylation is 6. The normalized spacial score (nSPS) is 12.8. The molecule has 5 N–H and O–H groups in total. The van der Waals surface area contributed by atoms with Gasteiger partial charge in [-0.3, -0.25) is 0 Å². The number of halogens is 2. The maximum Gasteiger partial charge on any atom is 0.340 e. The van der Waals surface area contributed by atoms with Crippen LogP contribution in [0.4, 0.5) is 8.78 Å². The highest BCUT2D eigenvalue weighted by atomic mass is 32.2. The van der Waals surface area contributed by atoms with Crippen molar-refractivity contribution in [1.29, 1.82) is 0 Å². The predicted molar refractivity (Wildman–Crippen MR) is 491 cm³/mol. The lowest BCUT2D eigenvalue weighted by molar-refractivity contribution is 0.0682. The molecule has 0 amide bonds. The average Bonchev–Trinajstić information content (AvgIpc) is 0.752. The third kappa shape index (κ3) is 17.9. The zero-order valence-corrected chi connectivity index (χ0v) is 74.7. The molecule has 0 radical (unpaired) electrons. The van der Waals surface area contributed by atoms with Crippen molar-refractivity contribution in [2.75, 3.05) is 21.3 Å². The Labute approximate surface area is 756 Å². The monoisotopic (exact) mass is 1820 g/mol. The van der Waals surface area contributed by atoms with Gasteiger partial charge in [-0.1, -0.05) is 103 Å². The zero-order chi connectivity index (χ0) is 90.7. The number of ether oxygens (including phenoxy) is 8. The van der Waals surface area contributed by atoms with E-state index in [1.165, 1.54) is 37.4 Å². The Kier molecular flexibility index (Phi) is 25.7. The largest absolute Gasteiger partial charge is 0.496 e. The molecule has 0 saturated carbocycles. The van der Waals surface area contributed by atoms with Gasteiger partial charge in [0.25, 0.3) is 0 Å². The number of methoxy groups -OCH3 is 3. The van der Waals surface area contributed by atoms with Crippen LogP contribution in [0.2, 0.25) is 0 Å². The van der Waals surface area contributed by atoms with E-state index in [0.29, 0.717) is 43.1 Å². The van der Waals surface area contributed by atoms with Gasteiger partial charge >= 0.3 is 29.8 Å². The molecule has 0 bridgehead atoms. The Morgan fingerprint density at radius 1 is 0.225 bits per heavy atom. The molecule has 0 aromatic heterocycles. The molecule has 15 aromatic rings. The molecular formula is C104H81F2O18S5+5. The first-order valence-corrected chi connectivity index (χ1v) is 46.3. The maximum atomic E-state index is 13.8. The number of benzene rings is 15. The van der Waals surface area contributed by atoms with Gasteiger partial charge in [-0.05, 0) is 208 Å². The summed E-state index contributed by atoms with van der Waals surface area (Å²) < 4.78 is 73.5. The minimum absolute atomic E-state index is 0.0678. The summed E-state index contributed by atoms with van der Waals surface area (Å²) in [6, 6.07) is 90.3. The summed E-state index contributed by atoms with van der Waals surface area (Å²) in [5.41, 5.74) is 7.07. The first-order chi connectivity index (χ1) is 62.3. The second kappa shape index (κ2) is 37.7. The Balaban J connectivity index is 0.000000118. The molecule has 0 aliphatic carbocycles. The molecule has 0 atom stereocenters. The van der Waals surface area contributed by atoms with E-state index in [-0.39, 0.29) is 28.2 Å². The topological polar surface area (TPSA) is 260 Å². The second-order valence-corrected chi connectivity index (χ2v) is 39.4. The van der Waals surface area contributed by atoms with Gasteiger partial charge in [-0.2, -0.15) is 0 Å². The van der Waals surface area contributed by atoms with Crippen LogP contribution in [0, 0.1) is 53.2 Å². The van der Waals surface area contributed by atoms with Gasteiger partial charge in [-0.25, -0.2) is 32.8 Å². The maximum absolute atomic E-state index is 13.8. The first-order valence-electron chi connectivity index (χ1n) is 40.2. The number of carbonyl (C=O) groups is 5. The number of aromatic carboxylic acids is 5. The van der Waals surface area contributed by atoms with E-state index in [1.54, 1.807) is 62.8 Å². The van der Waals surface area contributed by atoms with Crippen LogP contribution in [0.1, 0.15) is 85.2 Å². The van der Waals surface area contributed by atoms with Gasteiger partial charge in [-0.15, -0.1) is 0 Å². The highest BCUT2D eigenvalue weighted by Crippen LogP contribution is 2.55. The highest BCUT2D eigenvalue weighted by Gasteiger charge is 2.48. The van der Waals surface area contributed by atoms with Gasteiger partial charge in [0.05, 0.1) is 21.3 Å². The molecule has 0 fully saturated rings. The average molecular weight is 1820 g/mol. The molecule has 5 aliphatic heterocycles. The van der Waals surface area contributed by atoms with Crippen molar-refractivity contribution in [2.24, 2.45) is 0 Å². The Morgan fingerprint density at radius 2 is 0.442 bits per heavy atom. The Hall–Kier alpha value is -14.3. The summed E-state index contributed by atoms with van der Waals surface area (Å²) in [4.78, 5) is 72.5. The number of carboxylic acids is 5. The van der Waals surface area contributed by atoms with Crippen molar-refractivity contribution < 1.29 is 96.2 Å². The molecule has 0 saturated heterocycles. The molecule has 5 heterocycles. The smallest absolute Gasteiger partial charge is 0.340 e. The van der Waals surface area contributed by atoms with Crippen LogP contribution in [0.15, 0.2) is 371 Å². The Morgan fingerprint density at radius 3 is 0.736 bits per heavy atom. The van der Waals surface area contributed by atoms with Crippen molar-refractivity contribution in [3.05, 3.63) is 370 Å². The summed E-state index contributed by atoms with van der Waals surface area (Å²) >= 11 is 0. The number of para-hydroxylation sites is 6. The number of carboxylic acid groups (broad SMARTS) is 5. The number of hydrogen-bond donors (Lipinski definition) is 5. The lowest BCUT2D eigenvalue weighted by atomic mass is 10.1. The van der Waals surface area contributed by atoms with E-state index in [4.69, 9.17) is 37.9 Å². The van der Waals surface area contributed by atoms with Crippen LogP contribution in [0.3, 0.4) is 0 Å². The van der Waals surface area contributed by atoms with Crippen LogP contribution in [0.25, 0.3) is 0 Å². The Bertz CT molecular complexity index is 6580. The fraction of sp³-hybridized carbons (Fsp3) is 0.0865. The number of rotatable bonds is 13. The highest BCUT2D eigenvalue weighted by molar-refractivity contribution is 7.98. The van der Waals surface area contributed by atoms with Crippen LogP contribution in [-0.2, 0) is 54.5 Å². The van der Waals surface area contributed by atoms with Crippen LogP contribution < -0.4 is 37.9 Å². The quantitative estimate of drug-likeness (QED) is 0.0672. The van der Waals surface area contributed by atoms with Crippen molar-refractivity contribution in [3.63, 3.8) is 0 Å². The molecule has 20 rings (SSSR count). The van der Waals surface area contributed by atoms with Gasteiger partial charge in [0.15, 0.2) is 82.0 Å². The molecule has 644 valence electrons. The van der Waals surface area contributed by atoms with Crippen LogP contribution >= 0.6 is 0 Å². The lowest BCUT2D eigenvalue weighted by Crippen LogP contribution is -2.16. The van der Waals surface area contributed by atoms with E-state index < -0.39 is 96.0 Å². The van der Waals surface area contributed by atoms with Crippen LogP contribution in [0.5, 0.6) is 74.7 Å². The minimum atomic E-state index is -1.11. The summed E-state index contributed by atoms with van der Waals surface area (Å²) in [6.07, 6.45) is 0. The van der Waals surface area contributed by atoms with Gasteiger partial charge in [0, 0.05) is 60.7 Å². The van der Waals surface area contributed by atoms with E-state index in [9.17, 15) is 58.3 Å². The lowest BCUT2D eigenvalue weighted by Gasteiger charge is -2.22. The molecular weight excluding hydrogens is 1740 g/mol. The molecule has 18 nitrogen and oxygen atoms in total. The second-order valence-electron chi connectivity index (χ2n) is 29.8.